The molecule has 0 rings (SSSR count). The van der Waals surface area contributed by atoms with E-state index in [2.05, 4.69) is 5.32 Å². The van der Waals surface area contributed by atoms with Gasteiger partial charge < -0.3 is 21.3 Å². The lowest BCUT2D eigenvalue weighted by Crippen LogP contribution is -2.45. The van der Waals surface area contributed by atoms with E-state index in [9.17, 15) is 4.79 Å². The third kappa shape index (κ3) is 5.71. The van der Waals surface area contributed by atoms with Crippen LogP contribution < -0.4 is 11.1 Å². The topological polar surface area (TPSA) is 95.6 Å². The van der Waals surface area contributed by atoms with Crippen LogP contribution in [0.5, 0.6) is 0 Å². The quantitative estimate of drug-likeness (QED) is 0.444. The SMILES string of the molecule is CC(C)CC(CN)C(=O)NC(CO)CO. The number of amides is 1. The smallest absolute Gasteiger partial charge is 0.224 e. The molecule has 0 heterocycles. The normalized spacial score (nSPS) is 13.3. The van der Waals surface area contributed by atoms with Crippen LogP contribution in [0.25, 0.3) is 0 Å². The van der Waals surface area contributed by atoms with Crippen LogP contribution in [-0.4, -0.2) is 41.9 Å². The number of nitrogens with two attached hydrogens (primary N) is 1. The van der Waals surface area contributed by atoms with Gasteiger partial charge in [-0.25, -0.2) is 0 Å². The first kappa shape index (κ1) is 14.3. The minimum Gasteiger partial charge on any atom is -0.394 e. The Morgan fingerprint density at radius 2 is 1.87 bits per heavy atom. The summed E-state index contributed by atoms with van der Waals surface area (Å²) < 4.78 is 0. The van der Waals surface area contributed by atoms with Gasteiger partial charge in [0.05, 0.1) is 25.2 Å². The lowest BCUT2D eigenvalue weighted by atomic mass is 9.96. The highest BCUT2D eigenvalue weighted by molar-refractivity contribution is 5.79. The monoisotopic (exact) mass is 218 g/mol. The minimum atomic E-state index is -0.585. The van der Waals surface area contributed by atoms with Gasteiger partial charge in [0.25, 0.3) is 0 Å². The minimum absolute atomic E-state index is 0.195. The number of aliphatic hydroxyl groups excluding tert-OH is 2. The van der Waals surface area contributed by atoms with Gasteiger partial charge in [-0.2, -0.15) is 0 Å². The Hall–Kier alpha value is -0.650. The summed E-state index contributed by atoms with van der Waals surface area (Å²) in [7, 11) is 0. The van der Waals surface area contributed by atoms with Crippen LogP contribution in [0.4, 0.5) is 0 Å². The van der Waals surface area contributed by atoms with Gasteiger partial charge in [-0.1, -0.05) is 13.8 Å². The third-order valence-corrected chi connectivity index (χ3v) is 2.20. The van der Waals surface area contributed by atoms with Crippen molar-refractivity contribution in [2.75, 3.05) is 19.8 Å². The molecule has 1 amide bonds. The van der Waals surface area contributed by atoms with Crippen molar-refractivity contribution in [3.05, 3.63) is 0 Å². The number of hydrogen-bond acceptors (Lipinski definition) is 4. The Kier molecular flexibility index (Phi) is 7.29. The van der Waals surface area contributed by atoms with Crippen LogP contribution in [0.15, 0.2) is 0 Å². The van der Waals surface area contributed by atoms with Crippen molar-refractivity contribution in [2.24, 2.45) is 17.6 Å². The van der Waals surface area contributed by atoms with Crippen molar-refractivity contribution in [3.63, 3.8) is 0 Å². The van der Waals surface area contributed by atoms with E-state index in [0.29, 0.717) is 12.3 Å². The molecule has 0 spiro atoms. The lowest BCUT2D eigenvalue weighted by molar-refractivity contribution is -0.126. The first-order valence-electron chi connectivity index (χ1n) is 5.27. The van der Waals surface area contributed by atoms with Crippen LogP contribution in [0.3, 0.4) is 0 Å². The van der Waals surface area contributed by atoms with Gasteiger partial charge in [0, 0.05) is 6.54 Å². The van der Waals surface area contributed by atoms with Crippen molar-refractivity contribution < 1.29 is 15.0 Å². The van der Waals surface area contributed by atoms with E-state index >= 15 is 0 Å². The summed E-state index contributed by atoms with van der Waals surface area (Å²) in [5.74, 6) is -0.0455. The van der Waals surface area contributed by atoms with Gasteiger partial charge in [0.2, 0.25) is 5.91 Å². The second kappa shape index (κ2) is 7.62. The summed E-state index contributed by atoms with van der Waals surface area (Å²) in [6.07, 6.45) is 0.714. The van der Waals surface area contributed by atoms with E-state index in [4.69, 9.17) is 15.9 Å². The molecular formula is C10H22N2O3. The summed E-state index contributed by atoms with van der Waals surface area (Å²) in [5, 5.41) is 20.2. The van der Waals surface area contributed by atoms with Crippen molar-refractivity contribution in [1.29, 1.82) is 0 Å². The Morgan fingerprint density at radius 1 is 1.33 bits per heavy atom. The van der Waals surface area contributed by atoms with Crippen LogP contribution in [0, 0.1) is 11.8 Å². The maximum atomic E-state index is 11.6. The standard InChI is InChI=1S/C10H22N2O3/c1-7(2)3-8(4-11)10(15)12-9(5-13)6-14/h7-9,13-14H,3-6,11H2,1-2H3,(H,12,15). The number of carbonyl (C=O) groups is 1. The largest absolute Gasteiger partial charge is 0.394 e. The summed E-state index contributed by atoms with van der Waals surface area (Å²) in [6, 6.07) is -0.585. The molecule has 0 aliphatic carbocycles. The number of nitrogens with one attached hydrogen (secondary N) is 1. The molecule has 0 bridgehead atoms. The molecule has 0 aliphatic heterocycles. The second-order valence-corrected chi connectivity index (χ2v) is 4.13. The molecule has 15 heavy (non-hydrogen) atoms. The molecule has 0 radical (unpaired) electrons. The van der Waals surface area contributed by atoms with Crippen molar-refractivity contribution >= 4 is 5.91 Å². The average molecular weight is 218 g/mol. The number of hydrogen-bond donors (Lipinski definition) is 4. The Bertz CT molecular complexity index is 182. The highest BCUT2D eigenvalue weighted by Gasteiger charge is 2.20. The number of aliphatic hydroxyl groups is 2. The zero-order chi connectivity index (χ0) is 11.8. The molecule has 5 N–H and O–H groups in total. The lowest BCUT2D eigenvalue weighted by Gasteiger charge is -2.20. The average Bonchev–Trinajstić information content (AvgIpc) is 2.21. The van der Waals surface area contributed by atoms with E-state index in [1.807, 2.05) is 13.8 Å². The Morgan fingerprint density at radius 3 is 2.20 bits per heavy atom. The first-order chi connectivity index (χ1) is 7.04. The molecule has 5 nitrogen and oxygen atoms in total. The zero-order valence-corrected chi connectivity index (χ0v) is 9.44. The Balaban J connectivity index is 4.14. The molecule has 0 aromatic rings. The van der Waals surface area contributed by atoms with E-state index < -0.39 is 6.04 Å². The van der Waals surface area contributed by atoms with Crippen LogP contribution in [0.2, 0.25) is 0 Å². The fourth-order valence-electron chi connectivity index (χ4n) is 1.35. The molecule has 5 heteroatoms. The molecule has 0 saturated carbocycles. The van der Waals surface area contributed by atoms with E-state index in [1.54, 1.807) is 0 Å². The summed E-state index contributed by atoms with van der Waals surface area (Å²) >= 11 is 0. The Labute approximate surface area is 90.7 Å². The van der Waals surface area contributed by atoms with Crippen LogP contribution in [-0.2, 0) is 4.79 Å². The molecule has 0 aromatic heterocycles. The van der Waals surface area contributed by atoms with Crippen molar-refractivity contribution in [2.45, 2.75) is 26.3 Å². The molecule has 1 unspecified atom stereocenters. The summed E-state index contributed by atoms with van der Waals surface area (Å²) in [4.78, 5) is 11.6. The predicted octanol–water partition coefficient (Wildman–Crippen LogP) is -0.923. The maximum absolute atomic E-state index is 11.6. The van der Waals surface area contributed by atoms with Gasteiger partial charge >= 0.3 is 0 Å². The maximum Gasteiger partial charge on any atom is 0.224 e. The molecule has 90 valence electrons. The van der Waals surface area contributed by atoms with Crippen LogP contribution >= 0.6 is 0 Å². The highest BCUT2D eigenvalue weighted by Crippen LogP contribution is 2.10. The third-order valence-electron chi connectivity index (χ3n) is 2.20. The number of carbonyl (C=O) groups excluding carboxylic acids is 1. The zero-order valence-electron chi connectivity index (χ0n) is 9.44. The summed E-state index contributed by atoms with van der Waals surface area (Å²) in [5.41, 5.74) is 5.49. The van der Waals surface area contributed by atoms with E-state index in [1.165, 1.54) is 0 Å². The van der Waals surface area contributed by atoms with E-state index in [-0.39, 0.29) is 31.6 Å². The van der Waals surface area contributed by atoms with Gasteiger partial charge in [-0.3, -0.25) is 4.79 Å². The second-order valence-electron chi connectivity index (χ2n) is 4.13. The highest BCUT2D eigenvalue weighted by atomic mass is 16.3. The molecule has 0 aromatic carbocycles. The molecule has 0 fully saturated rings. The molecule has 0 saturated heterocycles. The van der Waals surface area contributed by atoms with Gasteiger partial charge in [0.15, 0.2) is 0 Å². The van der Waals surface area contributed by atoms with Crippen LogP contribution in [0.1, 0.15) is 20.3 Å². The van der Waals surface area contributed by atoms with Gasteiger partial charge in [-0.05, 0) is 12.3 Å². The van der Waals surface area contributed by atoms with Crippen molar-refractivity contribution in [1.82, 2.24) is 5.32 Å². The fourth-order valence-corrected chi connectivity index (χ4v) is 1.35. The summed E-state index contributed by atoms with van der Waals surface area (Å²) in [6.45, 7) is 3.80. The molecule has 0 aliphatic rings. The van der Waals surface area contributed by atoms with Crippen molar-refractivity contribution in [3.8, 4) is 0 Å². The van der Waals surface area contributed by atoms with Gasteiger partial charge in [-0.15, -0.1) is 0 Å². The predicted molar refractivity (Wildman–Crippen MR) is 58.1 cm³/mol. The van der Waals surface area contributed by atoms with Gasteiger partial charge in [0.1, 0.15) is 0 Å². The molecular weight excluding hydrogens is 196 g/mol. The number of rotatable bonds is 7. The fraction of sp³-hybridized carbons (Fsp3) is 0.900. The molecule has 1 atom stereocenters. The first-order valence-corrected chi connectivity index (χ1v) is 5.27. The van der Waals surface area contributed by atoms with E-state index in [0.717, 1.165) is 0 Å².